The number of fused-ring (bicyclic) bond motifs is 1. The van der Waals surface area contributed by atoms with Gasteiger partial charge >= 0.3 is 0 Å². The average Bonchev–Trinajstić information content (AvgIpc) is 3.37. The largest absolute Gasteiger partial charge is 0.467 e. The SMILES string of the molecule is Cc1ccc(-c2csc3ncnc(S[C@@H](C)C(=O)NCc4ccco4)c23)cc1. The van der Waals surface area contributed by atoms with Gasteiger partial charge in [-0.3, -0.25) is 4.79 Å². The third-order valence-corrected chi connectivity index (χ3v) is 6.36. The second-order valence-electron chi connectivity index (χ2n) is 6.43. The van der Waals surface area contributed by atoms with Gasteiger partial charge in [0.1, 0.15) is 21.9 Å². The predicted molar refractivity (Wildman–Crippen MR) is 113 cm³/mol. The van der Waals surface area contributed by atoms with E-state index in [-0.39, 0.29) is 11.2 Å². The van der Waals surface area contributed by atoms with Crippen LogP contribution in [-0.4, -0.2) is 21.1 Å². The van der Waals surface area contributed by atoms with Gasteiger partial charge in [-0.05, 0) is 31.5 Å². The van der Waals surface area contributed by atoms with E-state index < -0.39 is 0 Å². The highest BCUT2D eigenvalue weighted by atomic mass is 32.2. The fourth-order valence-corrected chi connectivity index (χ4v) is 4.77. The number of thiophene rings is 1. The lowest BCUT2D eigenvalue weighted by atomic mass is 10.1. The Balaban J connectivity index is 1.57. The minimum Gasteiger partial charge on any atom is -0.467 e. The van der Waals surface area contributed by atoms with Crippen molar-refractivity contribution in [2.24, 2.45) is 0 Å². The van der Waals surface area contributed by atoms with Gasteiger partial charge in [0.15, 0.2) is 0 Å². The number of hydrogen-bond donors (Lipinski definition) is 1. The molecule has 4 aromatic rings. The molecular weight excluding hydrogens is 390 g/mol. The monoisotopic (exact) mass is 409 g/mol. The number of benzene rings is 1. The zero-order valence-corrected chi connectivity index (χ0v) is 17.1. The standard InChI is InChI=1S/C21H19N3O2S2/c1-13-5-7-15(8-6-13)17-11-27-20-18(17)21(24-12-23-20)28-14(2)19(25)22-10-16-4-3-9-26-16/h3-9,11-12,14H,10H2,1-2H3,(H,22,25)/t14-/m0/s1. The van der Waals surface area contributed by atoms with Crippen molar-refractivity contribution in [3.63, 3.8) is 0 Å². The zero-order chi connectivity index (χ0) is 19.5. The number of aryl methyl sites for hydroxylation is 1. The van der Waals surface area contributed by atoms with E-state index in [4.69, 9.17) is 4.42 Å². The van der Waals surface area contributed by atoms with Crippen molar-refractivity contribution in [3.8, 4) is 11.1 Å². The Hall–Kier alpha value is -2.64. The molecule has 4 rings (SSSR count). The van der Waals surface area contributed by atoms with Crippen LogP contribution < -0.4 is 5.32 Å². The summed E-state index contributed by atoms with van der Waals surface area (Å²) in [7, 11) is 0. The van der Waals surface area contributed by atoms with Crippen molar-refractivity contribution >= 4 is 39.2 Å². The molecule has 3 aromatic heterocycles. The number of aromatic nitrogens is 2. The minimum atomic E-state index is -0.293. The quantitative estimate of drug-likeness (QED) is 0.356. The maximum Gasteiger partial charge on any atom is 0.233 e. The van der Waals surface area contributed by atoms with Crippen molar-refractivity contribution in [1.29, 1.82) is 0 Å². The molecule has 142 valence electrons. The summed E-state index contributed by atoms with van der Waals surface area (Å²) < 4.78 is 5.26. The van der Waals surface area contributed by atoms with E-state index in [0.717, 1.165) is 32.1 Å². The summed E-state index contributed by atoms with van der Waals surface area (Å²) >= 11 is 3.04. The number of hydrogen-bond acceptors (Lipinski definition) is 6. The van der Waals surface area contributed by atoms with Crippen molar-refractivity contribution in [1.82, 2.24) is 15.3 Å². The molecule has 28 heavy (non-hydrogen) atoms. The Labute approximate surface area is 171 Å². The number of furan rings is 1. The molecule has 0 saturated heterocycles. The molecule has 1 amide bonds. The van der Waals surface area contributed by atoms with Gasteiger partial charge in [0.05, 0.1) is 23.4 Å². The topological polar surface area (TPSA) is 68.0 Å². The maximum absolute atomic E-state index is 12.5. The summed E-state index contributed by atoms with van der Waals surface area (Å²) in [5.74, 6) is 0.676. The number of amides is 1. The number of carbonyl (C=O) groups excluding carboxylic acids is 1. The highest BCUT2D eigenvalue weighted by Crippen LogP contribution is 2.39. The molecule has 1 N–H and O–H groups in total. The highest BCUT2D eigenvalue weighted by Gasteiger charge is 2.20. The van der Waals surface area contributed by atoms with Crippen LogP contribution in [0.15, 0.2) is 63.8 Å². The van der Waals surface area contributed by atoms with Crippen molar-refractivity contribution in [3.05, 3.63) is 65.7 Å². The van der Waals surface area contributed by atoms with Gasteiger partial charge in [0, 0.05) is 10.9 Å². The van der Waals surface area contributed by atoms with Gasteiger partial charge in [-0.2, -0.15) is 0 Å². The molecule has 0 aliphatic carbocycles. The van der Waals surface area contributed by atoms with Gasteiger partial charge in [-0.15, -0.1) is 11.3 Å². The maximum atomic E-state index is 12.5. The van der Waals surface area contributed by atoms with Crippen LogP contribution in [0.1, 0.15) is 18.2 Å². The Bertz CT molecular complexity index is 1090. The van der Waals surface area contributed by atoms with Gasteiger partial charge in [0.25, 0.3) is 0 Å². The molecule has 0 unspecified atom stereocenters. The van der Waals surface area contributed by atoms with Gasteiger partial charge in [0.2, 0.25) is 5.91 Å². The van der Waals surface area contributed by atoms with Gasteiger partial charge < -0.3 is 9.73 Å². The predicted octanol–water partition coefficient (Wildman–Crippen LogP) is 5.06. The lowest BCUT2D eigenvalue weighted by Gasteiger charge is -2.12. The molecule has 0 bridgehead atoms. The Morgan fingerprint density at radius 3 is 2.82 bits per heavy atom. The summed E-state index contributed by atoms with van der Waals surface area (Å²) in [4.78, 5) is 22.3. The molecule has 1 aromatic carbocycles. The molecule has 0 radical (unpaired) electrons. The first-order valence-electron chi connectivity index (χ1n) is 8.88. The smallest absolute Gasteiger partial charge is 0.233 e. The zero-order valence-electron chi connectivity index (χ0n) is 15.5. The van der Waals surface area contributed by atoms with E-state index in [9.17, 15) is 4.79 Å². The Kier molecular flexibility index (Phi) is 5.45. The third-order valence-electron chi connectivity index (χ3n) is 4.37. The molecule has 0 spiro atoms. The average molecular weight is 410 g/mol. The third kappa shape index (κ3) is 3.95. The first-order chi connectivity index (χ1) is 13.6. The fourth-order valence-electron chi connectivity index (χ4n) is 2.83. The molecule has 5 nitrogen and oxygen atoms in total. The fraction of sp³-hybridized carbons (Fsp3) is 0.190. The number of rotatable bonds is 6. The Morgan fingerprint density at radius 1 is 1.25 bits per heavy atom. The molecular formula is C21H19N3O2S2. The summed E-state index contributed by atoms with van der Waals surface area (Å²) in [6, 6.07) is 12.1. The van der Waals surface area contributed by atoms with Gasteiger partial charge in [-0.25, -0.2) is 9.97 Å². The van der Waals surface area contributed by atoms with Crippen molar-refractivity contribution in [2.45, 2.75) is 30.7 Å². The van der Waals surface area contributed by atoms with Crippen LogP contribution in [0, 0.1) is 6.92 Å². The molecule has 7 heteroatoms. The van der Waals surface area contributed by atoms with E-state index in [2.05, 4.69) is 51.9 Å². The molecule has 0 aliphatic heterocycles. The lowest BCUT2D eigenvalue weighted by molar-refractivity contribution is -0.120. The van der Waals surface area contributed by atoms with Crippen molar-refractivity contribution in [2.75, 3.05) is 0 Å². The van der Waals surface area contributed by atoms with Crippen LogP contribution >= 0.6 is 23.1 Å². The normalized spacial score (nSPS) is 12.2. The van der Waals surface area contributed by atoms with Crippen molar-refractivity contribution < 1.29 is 9.21 Å². The van der Waals surface area contributed by atoms with E-state index in [1.165, 1.54) is 17.3 Å². The van der Waals surface area contributed by atoms with E-state index in [1.54, 1.807) is 30.0 Å². The molecule has 0 saturated carbocycles. The summed E-state index contributed by atoms with van der Waals surface area (Å²) in [6.45, 7) is 4.33. The van der Waals surface area contributed by atoms with Crippen LogP contribution in [0.3, 0.4) is 0 Å². The second-order valence-corrected chi connectivity index (χ2v) is 8.62. The van der Waals surface area contributed by atoms with Crippen LogP contribution in [-0.2, 0) is 11.3 Å². The molecule has 0 fully saturated rings. The van der Waals surface area contributed by atoms with E-state index in [1.807, 2.05) is 13.0 Å². The number of nitrogens with zero attached hydrogens (tertiary/aromatic N) is 2. The van der Waals surface area contributed by atoms with E-state index >= 15 is 0 Å². The summed E-state index contributed by atoms with van der Waals surface area (Å²) in [5.41, 5.74) is 3.45. The first-order valence-corrected chi connectivity index (χ1v) is 10.6. The Morgan fingerprint density at radius 2 is 2.07 bits per heavy atom. The highest BCUT2D eigenvalue weighted by molar-refractivity contribution is 8.00. The summed E-state index contributed by atoms with van der Waals surface area (Å²) in [5, 5.41) is 6.55. The van der Waals surface area contributed by atoms with Gasteiger partial charge in [-0.1, -0.05) is 41.6 Å². The van der Waals surface area contributed by atoms with Crippen LogP contribution in [0.4, 0.5) is 0 Å². The minimum absolute atomic E-state index is 0.0553. The number of carbonyl (C=O) groups is 1. The van der Waals surface area contributed by atoms with Crippen LogP contribution in [0.25, 0.3) is 21.3 Å². The number of thioether (sulfide) groups is 1. The lowest BCUT2D eigenvalue weighted by Crippen LogP contribution is -2.30. The second kappa shape index (κ2) is 8.16. The summed E-state index contributed by atoms with van der Waals surface area (Å²) in [6.07, 6.45) is 3.16. The van der Waals surface area contributed by atoms with E-state index in [0.29, 0.717) is 6.54 Å². The molecule has 3 heterocycles. The molecule has 1 atom stereocenters. The van der Waals surface area contributed by atoms with Crippen LogP contribution in [0.2, 0.25) is 0 Å². The van der Waals surface area contributed by atoms with Crippen LogP contribution in [0.5, 0.6) is 0 Å². The first kappa shape index (κ1) is 18.7. The molecule has 0 aliphatic rings. The number of nitrogens with one attached hydrogen (secondary N) is 1.